The van der Waals surface area contributed by atoms with E-state index in [1.165, 1.54) is 34.1 Å². The maximum atomic E-state index is 11.9. The van der Waals surface area contributed by atoms with Crippen molar-refractivity contribution in [1.29, 1.82) is 0 Å². The molecule has 9 heterocycles. The molecule has 0 aliphatic rings. The Labute approximate surface area is 667 Å². The molecule has 9 aromatic heterocycles. The zero-order valence-corrected chi connectivity index (χ0v) is 73.6. The molecule has 0 bridgehead atoms. The van der Waals surface area contributed by atoms with Crippen molar-refractivity contribution in [2.75, 3.05) is 33.5 Å². The first-order valence-electron chi connectivity index (χ1n) is 38.3. The third kappa shape index (κ3) is 43.0. The van der Waals surface area contributed by atoms with Gasteiger partial charge in [0.05, 0.1) is 32.6 Å². The lowest BCUT2D eigenvalue weighted by molar-refractivity contribution is -0.154. The van der Waals surface area contributed by atoms with Gasteiger partial charge in [-0.2, -0.15) is 13.2 Å². The number of nitrogens with zero attached hydrogens (tertiary/aromatic N) is 9. The Morgan fingerprint density at radius 3 is 0.991 bits per heavy atom. The second-order valence-electron chi connectivity index (χ2n) is 36.0. The van der Waals surface area contributed by atoms with E-state index in [1.807, 2.05) is 132 Å². The fourth-order valence-corrected chi connectivity index (χ4v) is 8.95. The lowest BCUT2D eigenvalue weighted by Crippen LogP contribution is -2.20. The second-order valence-corrected chi connectivity index (χ2v) is 36.0. The first kappa shape index (κ1) is 100. The number of aromatic nitrogens is 9. The summed E-state index contributed by atoms with van der Waals surface area (Å²) in [4.78, 5) is 38.6. The van der Waals surface area contributed by atoms with Crippen molar-refractivity contribution < 1.29 is 42.3 Å². The molecule has 9 rings (SSSR count). The van der Waals surface area contributed by atoms with E-state index in [2.05, 4.69) is 272 Å². The summed E-state index contributed by atoms with van der Waals surface area (Å²) in [5, 5.41) is 17.5. The first-order chi connectivity index (χ1) is 51.0. The fraction of sp³-hybridized carbons (Fsp3) is 0.516. The van der Waals surface area contributed by atoms with Crippen LogP contribution in [0.25, 0.3) is 0 Å². The number of alkyl halides is 3. The molecule has 15 nitrogen and oxygen atoms in total. The Kier molecular flexibility index (Phi) is 41.3. The summed E-state index contributed by atoms with van der Waals surface area (Å²) in [6, 6.07) is 46.7. The first-order valence-corrected chi connectivity index (χ1v) is 38.3. The summed E-state index contributed by atoms with van der Waals surface area (Å²) in [7, 11) is 1.63. The largest absolute Gasteiger partial charge is 0.481 e. The highest BCUT2D eigenvalue weighted by atomic mass is 19.4. The van der Waals surface area contributed by atoms with E-state index in [9.17, 15) is 13.2 Å². The number of aliphatic hydroxyl groups excluding tert-OH is 2. The molecule has 0 aliphatic heterocycles. The molecular formula is C93H138F3N9O6. The lowest BCUT2D eigenvalue weighted by atomic mass is 9.88. The molecule has 0 aliphatic carbocycles. The molecule has 0 unspecified atom stereocenters. The number of hydrogen-bond donors (Lipinski definition) is 2. The van der Waals surface area contributed by atoms with Gasteiger partial charge in [0.15, 0.2) is 6.61 Å². The van der Waals surface area contributed by atoms with Crippen LogP contribution in [0.1, 0.15) is 274 Å². The van der Waals surface area contributed by atoms with Crippen molar-refractivity contribution in [3.8, 4) is 23.5 Å². The molecular weight excluding hydrogens is 1400 g/mol. The van der Waals surface area contributed by atoms with Crippen molar-refractivity contribution in [1.82, 2.24) is 44.9 Å². The molecule has 0 saturated carbocycles. The summed E-state index contributed by atoms with van der Waals surface area (Å²) in [6.07, 6.45) is 4.22. The van der Waals surface area contributed by atoms with Crippen LogP contribution in [0.4, 0.5) is 13.2 Å². The van der Waals surface area contributed by atoms with Gasteiger partial charge >= 0.3 is 6.18 Å². The van der Waals surface area contributed by atoms with Gasteiger partial charge in [-0.05, 0) is 121 Å². The average Bonchev–Trinajstić information content (AvgIpc) is 0.920. The van der Waals surface area contributed by atoms with E-state index in [0.717, 1.165) is 52.2 Å². The third-order valence-corrected chi connectivity index (χ3v) is 15.8. The minimum Gasteiger partial charge on any atom is -0.481 e. The lowest BCUT2D eigenvalue weighted by Gasteiger charge is -2.18. The van der Waals surface area contributed by atoms with Crippen LogP contribution < -0.4 is 18.9 Å². The van der Waals surface area contributed by atoms with E-state index in [1.54, 1.807) is 31.5 Å². The van der Waals surface area contributed by atoms with Gasteiger partial charge in [0.25, 0.3) is 0 Å². The molecule has 0 aromatic carbocycles. The quantitative estimate of drug-likeness (QED) is 0.131. The molecule has 18 heteroatoms. The van der Waals surface area contributed by atoms with Crippen LogP contribution in [0.5, 0.6) is 23.5 Å². The van der Waals surface area contributed by atoms with E-state index in [-0.39, 0.29) is 67.8 Å². The van der Waals surface area contributed by atoms with Crippen LogP contribution in [0.2, 0.25) is 0 Å². The van der Waals surface area contributed by atoms with Gasteiger partial charge in [-0.1, -0.05) is 248 Å². The minimum absolute atomic E-state index is 0.00440. The Morgan fingerprint density at radius 1 is 0.342 bits per heavy atom. The molecule has 2 N–H and O–H groups in total. The second kappa shape index (κ2) is 45.7. The van der Waals surface area contributed by atoms with Crippen molar-refractivity contribution in [3.63, 3.8) is 0 Å². The van der Waals surface area contributed by atoms with Crippen molar-refractivity contribution in [2.24, 2.45) is 0 Å². The normalized spacial score (nSPS) is 11.7. The van der Waals surface area contributed by atoms with E-state index >= 15 is 0 Å². The molecule has 0 radical (unpaired) electrons. The molecule has 0 amide bonds. The number of aliphatic hydroxyl groups is 2. The van der Waals surface area contributed by atoms with Gasteiger partial charge in [-0.15, -0.1) is 0 Å². The van der Waals surface area contributed by atoms with Gasteiger partial charge in [0.1, 0.15) is 6.61 Å². The Morgan fingerprint density at radius 2 is 0.685 bits per heavy atom. The maximum absolute atomic E-state index is 11.9. The number of aryl methyl sites for hydroxylation is 3. The molecule has 612 valence electrons. The van der Waals surface area contributed by atoms with Gasteiger partial charge in [-0.25, -0.2) is 19.9 Å². The predicted molar refractivity (Wildman–Crippen MR) is 453 cm³/mol. The summed E-state index contributed by atoms with van der Waals surface area (Å²) in [5.41, 5.74) is 14.9. The van der Waals surface area contributed by atoms with Gasteiger partial charge < -0.3 is 29.2 Å². The molecule has 0 fully saturated rings. The average molecular weight is 1540 g/mol. The van der Waals surface area contributed by atoms with Gasteiger partial charge in [-0.3, -0.25) is 24.9 Å². The monoisotopic (exact) mass is 1530 g/mol. The zero-order valence-electron chi connectivity index (χ0n) is 73.6. The predicted octanol–water partition coefficient (Wildman–Crippen LogP) is 22.8. The molecule has 111 heavy (non-hydrogen) atoms. The van der Waals surface area contributed by atoms with E-state index in [4.69, 9.17) is 24.4 Å². The van der Waals surface area contributed by atoms with Crippen LogP contribution in [0.3, 0.4) is 0 Å². The highest BCUT2D eigenvalue weighted by Crippen LogP contribution is 2.29. The molecule has 9 aromatic rings. The minimum atomic E-state index is -4.33. The molecule has 0 saturated heterocycles. The topological polar surface area (TPSA) is 193 Å². The summed E-state index contributed by atoms with van der Waals surface area (Å²) in [5.74, 6) is 1.98. The Balaban J connectivity index is 0.000000626. The standard InChI is InChI=1S/C11H14F3NO.C11H17NO2.C11H17NO.C11H17N.2C10H15NO.2C10H15N.C9H13N/c1-10(2,3)8-5-4-6-9(15-8)16-7-11(12,13)14;1-11(2,3)9-5-4-6-10(12-9)14-8-7-13;1-5-13-10-8-6-7-9(12-10)11(2,3)4;1-5-9-7-6-8-10(12-9)11(2,3)4;1-10(2,3)8-6-5-7-9(11-8)12-4;1-10(2,3)9-6-4-5-8(7-12)11-9;1-8-5-9(7-11-6-8)10(2,3)4;1-8-6-5-7-9(11-8)10(2,3)4;1-9(2,3)8-5-4-6-10-7-8/h4-6H,7H2,1-3H3;4-6,13H,7-8H2,1-3H3;6-8H,5H2,1-4H3;6-8H,5H2,1-4H3;5-7H,1-4H3;4-6,12H,7H2,1-3H3;2*5-7H,1-4H3;4-7H,1-3H3. The van der Waals surface area contributed by atoms with E-state index in [0.29, 0.717) is 30.7 Å². The summed E-state index contributed by atoms with van der Waals surface area (Å²) in [6.45, 7) is 65.4. The van der Waals surface area contributed by atoms with Crippen LogP contribution in [0.15, 0.2) is 170 Å². The number of hydrogen-bond acceptors (Lipinski definition) is 15. The Hall–Kier alpha value is -8.74. The summed E-state index contributed by atoms with van der Waals surface area (Å²) >= 11 is 0. The Bertz CT molecular complexity index is 3880. The SMILES string of the molecule is CC(C)(C)c1cccc(CO)n1.CC(C)(C)c1cccc(OCC(F)(F)F)n1.CC(C)(C)c1cccc(OCCO)n1.CC(C)(C)c1cccnc1.CCOc1cccc(C(C)(C)C)n1.CCc1cccc(C(C)(C)C)n1.COc1cccc(C(C)(C)C)n1.Cc1cccc(C(C)(C)C)n1.Cc1cncc(C(C)(C)C)c1. The zero-order chi connectivity index (χ0) is 85.0. The smallest absolute Gasteiger partial charge is 0.422 e. The van der Waals surface area contributed by atoms with Gasteiger partial charge in [0, 0.05) is 138 Å². The number of pyridine rings is 9. The molecule has 0 atom stereocenters. The fourth-order valence-electron chi connectivity index (χ4n) is 8.95. The number of methoxy groups -OCH3 is 1. The van der Waals surface area contributed by atoms with Crippen LogP contribution in [-0.4, -0.2) is 94.8 Å². The third-order valence-electron chi connectivity index (χ3n) is 15.8. The van der Waals surface area contributed by atoms with Crippen LogP contribution in [-0.2, 0) is 61.8 Å². The van der Waals surface area contributed by atoms with Crippen LogP contribution >= 0.6 is 0 Å². The van der Waals surface area contributed by atoms with Crippen molar-refractivity contribution in [3.05, 3.63) is 244 Å². The van der Waals surface area contributed by atoms with Gasteiger partial charge in [0.2, 0.25) is 23.5 Å². The number of ether oxygens (including phenoxy) is 4. The van der Waals surface area contributed by atoms with Crippen LogP contribution in [0, 0.1) is 13.8 Å². The highest BCUT2D eigenvalue weighted by Gasteiger charge is 2.29. The number of rotatable bonds is 10. The maximum Gasteiger partial charge on any atom is 0.422 e. The van der Waals surface area contributed by atoms with E-state index < -0.39 is 12.8 Å². The van der Waals surface area contributed by atoms with Crippen molar-refractivity contribution >= 4 is 0 Å². The molecule has 0 spiro atoms. The highest BCUT2D eigenvalue weighted by molar-refractivity contribution is 5.27. The number of halogens is 3. The van der Waals surface area contributed by atoms with Crippen molar-refractivity contribution in [2.45, 2.75) is 283 Å². The summed E-state index contributed by atoms with van der Waals surface area (Å²) < 4.78 is 55.9.